The molecule has 0 heterocycles. The fourth-order valence-electron chi connectivity index (χ4n) is 2.11. The van der Waals surface area contributed by atoms with Gasteiger partial charge in [-0.3, -0.25) is 0 Å². The lowest BCUT2D eigenvalue weighted by molar-refractivity contribution is 0.0696. The van der Waals surface area contributed by atoms with Crippen LogP contribution in [0.1, 0.15) is 33.5 Å². The summed E-state index contributed by atoms with van der Waals surface area (Å²) in [5.74, 6) is 4.71. The topological polar surface area (TPSA) is 75.6 Å². The molecule has 5 heteroatoms. The molecule has 25 heavy (non-hydrogen) atoms. The molecule has 0 aliphatic heterocycles. The zero-order valence-electron chi connectivity index (χ0n) is 13.9. The standard InChI is InChI=1S/C20H19NO4/c1-15-10-11-18(19(22)23)17(13-15)9-5-6-12-21-20(24)25-14-16-7-3-2-4-8-16/h2-4,7-8,10-11,13H,6,12,14H2,1H3,(H,21,24)(H,22,23). The van der Waals surface area contributed by atoms with Crippen molar-refractivity contribution >= 4 is 12.1 Å². The monoisotopic (exact) mass is 337 g/mol. The Bertz CT molecular complexity index is 803. The minimum atomic E-state index is -1.01. The summed E-state index contributed by atoms with van der Waals surface area (Å²) >= 11 is 0. The van der Waals surface area contributed by atoms with Crippen molar-refractivity contribution in [2.24, 2.45) is 0 Å². The molecule has 2 aromatic rings. The Kier molecular flexibility index (Phi) is 6.61. The Morgan fingerprint density at radius 3 is 2.64 bits per heavy atom. The second-order valence-corrected chi connectivity index (χ2v) is 5.39. The van der Waals surface area contributed by atoms with Gasteiger partial charge in [-0.1, -0.05) is 48.2 Å². The van der Waals surface area contributed by atoms with Crippen LogP contribution in [-0.2, 0) is 11.3 Å². The van der Waals surface area contributed by atoms with Crippen LogP contribution in [0.4, 0.5) is 4.79 Å². The Labute approximate surface area is 146 Å². The highest BCUT2D eigenvalue weighted by Crippen LogP contribution is 2.10. The predicted octanol–water partition coefficient (Wildman–Crippen LogP) is 3.36. The summed E-state index contributed by atoms with van der Waals surface area (Å²) in [6.45, 7) is 2.42. The average molecular weight is 337 g/mol. The highest BCUT2D eigenvalue weighted by molar-refractivity contribution is 5.90. The van der Waals surface area contributed by atoms with Crippen LogP contribution in [0.3, 0.4) is 0 Å². The summed E-state index contributed by atoms with van der Waals surface area (Å²) in [5.41, 5.74) is 2.50. The van der Waals surface area contributed by atoms with Gasteiger partial charge in [0.15, 0.2) is 0 Å². The minimum Gasteiger partial charge on any atom is -0.478 e. The van der Waals surface area contributed by atoms with Gasteiger partial charge in [-0.15, -0.1) is 0 Å². The number of carbonyl (C=O) groups is 2. The van der Waals surface area contributed by atoms with E-state index in [0.29, 0.717) is 18.5 Å². The van der Waals surface area contributed by atoms with Crippen LogP contribution >= 0.6 is 0 Å². The number of nitrogens with one attached hydrogen (secondary N) is 1. The summed E-state index contributed by atoms with van der Waals surface area (Å²) in [7, 11) is 0. The summed E-state index contributed by atoms with van der Waals surface area (Å²) in [6.07, 6.45) is -0.111. The molecule has 0 fully saturated rings. The number of benzene rings is 2. The van der Waals surface area contributed by atoms with Crippen LogP contribution in [-0.4, -0.2) is 23.7 Å². The van der Waals surface area contributed by atoms with E-state index >= 15 is 0 Å². The van der Waals surface area contributed by atoms with E-state index in [4.69, 9.17) is 9.84 Å². The molecule has 0 unspecified atom stereocenters. The molecule has 2 N–H and O–H groups in total. The van der Waals surface area contributed by atoms with Crippen molar-refractivity contribution in [3.05, 3.63) is 70.8 Å². The lowest BCUT2D eigenvalue weighted by Crippen LogP contribution is -2.24. The molecule has 5 nitrogen and oxygen atoms in total. The lowest BCUT2D eigenvalue weighted by Gasteiger charge is -2.05. The molecule has 0 saturated carbocycles. The van der Waals surface area contributed by atoms with Crippen LogP contribution in [0.15, 0.2) is 48.5 Å². The molecule has 0 radical (unpaired) electrons. The maximum Gasteiger partial charge on any atom is 0.407 e. The first-order valence-electron chi connectivity index (χ1n) is 7.83. The largest absolute Gasteiger partial charge is 0.478 e. The summed E-state index contributed by atoms with van der Waals surface area (Å²) in [4.78, 5) is 22.7. The Balaban J connectivity index is 1.78. The fraction of sp³-hybridized carbons (Fsp3) is 0.200. The van der Waals surface area contributed by atoms with Gasteiger partial charge in [0.05, 0.1) is 5.56 Å². The molecule has 0 saturated heterocycles. The number of carbonyl (C=O) groups excluding carboxylic acids is 1. The molecular formula is C20H19NO4. The van der Waals surface area contributed by atoms with Gasteiger partial charge < -0.3 is 15.2 Å². The third kappa shape index (κ3) is 6.04. The second kappa shape index (κ2) is 9.14. The maximum atomic E-state index is 11.6. The van der Waals surface area contributed by atoms with Crippen molar-refractivity contribution in [2.45, 2.75) is 20.0 Å². The van der Waals surface area contributed by atoms with E-state index in [1.54, 1.807) is 18.2 Å². The van der Waals surface area contributed by atoms with Gasteiger partial charge in [0.2, 0.25) is 0 Å². The first kappa shape index (κ1) is 18.1. The summed E-state index contributed by atoms with van der Waals surface area (Å²) in [5, 5.41) is 11.8. The molecule has 0 aliphatic carbocycles. The first-order chi connectivity index (χ1) is 12.1. The average Bonchev–Trinajstić information content (AvgIpc) is 2.60. The number of rotatable bonds is 5. The molecule has 1 amide bonds. The van der Waals surface area contributed by atoms with Gasteiger partial charge in [0.1, 0.15) is 6.61 Å². The molecular weight excluding hydrogens is 318 g/mol. The lowest BCUT2D eigenvalue weighted by atomic mass is 10.0. The number of hydrogen-bond donors (Lipinski definition) is 2. The second-order valence-electron chi connectivity index (χ2n) is 5.39. The van der Waals surface area contributed by atoms with Crippen LogP contribution < -0.4 is 5.32 Å². The van der Waals surface area contributed by atoms with Gasteiger partial charge in [0, 0.05) is 18.5 Å². The molecule has 0 aromatic heterocycles. The van der Waals surface area contributed by atoms with Gasteiger partial charge in [-0.05, 0) is 30.2 Å². The smallest absolute Gasteiger partial charge is 0.407 e. The fourth-order valence-corrected chi connectivity index (χ4v) is 2.11. The van der Waals surface area contributed by atoms with Crippen LogP contribution in [0, 0.1) is 18.8 Å². The minimum absolute atomic E-state index is 0.174. The number of amides is 1. The highest BCUT2D eigenvalue weighted by Gasteiger charge is 2.07. The van der Waals surface area contributed by atoms with Gasteiger partial charge in [-0.2, -0.15) is 0 Å². The Hall–Kier alpha value is -3.26. The molecule has 0 aliphatic rings. The summed E-state index contributed by atoms with van der Waals surface area (Å²) in [6, 6.07) is 14.4. The van der Waals surface area contributed by atoms with Crippen LogP contribution in [0.5, 0.6) is 0 Å². The molecule has 128 valence electrons. The van der Waals surface area contributed by atoms with E-state index in [1.165, 1.54) is 0 Å². The Morgan fingerprint density at radius 2 is 1.92 bits per heavy atom. The molecule has 0 spiro atoms. The normalized spacial score (nSPS) is 9.64. The quantitative estimate of drug-likeness (QED) is 0.648. The molecule has 2 rings (SSSR count). The Morgan fingerprint density at radius 1 is 1.16 bits per heavy atom. The van der Waals surface area contributed by atoms with Crippen molar-refractivity contribution < 1.29 is 19.4 Å². The third-order valence-corrected chi connectivity index (χ3v) is 3.36. The van der Waals surface area contributed by atoms with Gasteiger partial charge in [-0.25, -0.2) is 9.59 Å². The van der Waals surface area contributed by atoms with E-state index in [0.717, 1.165) is 11.1 Å². The number of carboxylic acid groups (broad SMARTS) is 1. The zero-order chi connectivity index (χ0) is 18.1. The number of aromatic carboxylic acids is 1. The van der Waals surface area contributed by atoms with Gasteiger partial charge in [0.25, 0.3) is 0 Å². The van der Waals surface area contributed by atoms with Crippen molar-refractivity contribution in [1.82, 2.24) is 5.32 Å². The number of aryl methyl sites for hydroxylation is 1. The third-order valence-electron chi connectivity index (χ3n) is 3.36. The van der Waals surface area contributed by atoms with E-state index in [-0.39, 0.29) is 12.2 Å². The molecule has 2 aromatic carbocycles. The first-order valence-corrected chi connectivity index (χ1v) is 7.83. The molecule has 0 bridgehead atoms. The van der Waals surface area contributed by atoms with Crippen molar-refractivity contribution in [2.75, 3.05) is 6.54 Å². The van der Waals surface area contributed by atoms with Crippen LogP contribution in [0.25, 0.3) is 0 Å². The van der Waals surface area contributed by atoms with Gasteiger partial charge >= 0.3 is 12.1 Å². The number of alkyl carbamates (subject to hydrolysis) is 1. The van der Waals surface area contributed by atoms with Crippen molar-refractivity contribution in [3.63, 3.8) is 0 Å². The number of ether oxygens (including phenoxy) is 1. The summed E-state index contributed by atoms with van der Waals surface area (Å²) < 4.78 is 5.08. The van der Waals surface area contributed by atoms with E-state index in [9.17, 15) is 9.59 Å². The zero-order valence-corrected chi connectivity index (χ0v) is 13.9. The number of carboxylic acids is 1. The SMILES string of the molecule is Cc1ccc(C(=O)O)c(C#CCCNC(=O)OCc2ccccc2)c1. The van der Waals surface area contributed by atoms with E-state index < -0.39 is 12.1 Å². The van der Waals surface area contributed by atoms with E-state index in [1.807, 2.05) is 37.3 Å². The van der Waals surface area contributed by atoms with Crippen LogP contribution in [0.2, 0.25) is 0 Å². The maximum absolute atomic E-state index is 11.6. The van der Waals surface area contributed by atoms with Crippen molar-refractivity contribution in [3.8, 4) is 11.8 Å². The van der Waals surface area contributed by atoms with E-state index in [2.05, 4.69) is 17.2 Å². The molecule has 0 atom stereocenters. The highest BCUT2D eigenvalue weighted by atomic mass is 16.5. The number of hydrogen-bond acceptors (Lipinski definition) is 3. The predicted molar refractivity (Wildman–Crippen MR) is 94.3 cm³/mol. The van der Waals surface area contributed by atoms with Crippen molar-refractivity contribution in [1.29, 1.82) is 0 Å².